The second-order valence-electron chi connectivity index (χ2n) is 13.5. The van der Waals surface area contributed by atoms with Crippen LogP contribution in [0.2, 0.25) is 0 Å². The third kappa shape index (κ3) is 13.8. The van der Waals surface area contributed by atoms with E-state index in [0.29, 0.717) is 0 Å². The van der Waals surface area contributed by atoms with Crippen LogP contribution in [0.5, 0.6) is 0 Å². The van der Waals surface area contributed by atoms with Crippen molar-refractivity contribution in [1.82, 2.24) is 21.3 Å². The van der Waals surface area contributed by atoms with E-state index in [1.165, 1.54) is 0 Å². The summed E-state index contributed by atoms with van der Waals surface area (Å²) in [5, 5.41) is 10.7. The van der Waals surface area contributed by atoms with Crippen LogP contribution in [-0.4, -0.2) is 72.2 Å². The van der Waals surface area contributed by atoms with Gasteiger partial charge in [-0.3, -0.25) is 19.2 Å². The van der Waals surface area contributed by atoms with Gasteiger partial charge in [-0.2, -0.15) is 0 Å². The molecule has 6 amide bonds. The van der Waals surface area contributed by atoms with Gasteiger partial charge in [-0.25, -0.2) is 9.59 Å². The van der Waals surface area contributed by atoms with Crippen LogP contribution < -0.4 is 32.7 Å². The van der Waals surface area contributed by atoms with Gasteiger partial charge in [0.25, 0.3) is 0 Å². The molecule has 5 rings (SSSR count). The number of epoxide rings is 1. The lowest BCUT2D eigenvalue weighted by molar-refractivity contribution is -0.127. The van der Waals surface area contributed by atoms with Crippen LogP contribution in [0.25, 0.3) is 0 Å². The van der Waals surface area contributed by atoms with Crippen LogP contribution in [0.1, 0.15) is 35.1 Å². The molecule has 0 spiro atoms. The van der Waals surface area contributed by atoms with Crippen LogP contribution in [0, 0.1) is 0 Å². The van der Waals surface area contributed by atoms with Crippen molar-refractivity contribution in [3.8, 4) is 0 Å². The average molecular weight is 779 g/mol. The summed E-state index contributed by atoms with van der Waals surface area (Å²) < 4.78 is 16.8. The summed E-state index contributed by atoms with van der Waals surface area (Å²) in [5.41, 5.74) is 14.1. The van der Waals surface area contributed by atoms with E-state index in [4.69, 9.17) is 25.7 Å². The molecule has 1 aliphatic rings. The Kier molecular flexibility index (Phi) is 15.1. The molecule has 15 nitrogen and oxygen atoms in total. The van der Waals surface area contributed by atoms with Crippen LogP contribution in [0.3, 0.4) is 0 Å². The van der Waals surface area contributed by atoms with Gasteiger partial charge in [-0.1, -0.05) is 121 Å². The number of primary amides is 2. The summed E-state index contributed by atoms with van der Waals surface area (Å²) in [6.45, 7) is -0.129. The van der Waals surface area contributed by atoms with E-state index in [2.05, 4.69) is 21.3 Å². The highest BCUT2D eigenvalue weighted by Crippen LogP contribution is 2.32. The predicted octanol–water partition coefficient (Wildman–Crippen LogP) is 2.55. The molecule has 0 radical (unpaired) electrons. The standard InChI is InChI=1S/C42H46N6O9/c43-35(49)23-33(47-41(53)55-25-29-17-9-3-10-18-29)39(51)45-31(21-27-13-5-1-6-14-27)37-38(57-37)32(22-28-15-7-2-8-16-28)46-40(52)34(24-36(44)50)48-42(54)56-26-30-19-11-4-12-20-30/h1-20,31-34,37-38H,21-26H2,(H2,43,49)(H2,44,50)(H,45,51)(H,46,52)(H,47,53)(H,48,54)/t31-,32-,33-,34-,37-,38+/m0/s1. The number of hydrogen-bond donors (Lipinski definition) is 6. The molecule has 1 fully saturated rings. The largest absolute Gasteiger partial charge is 0.445 e. The summed E-state index contributed by atoms with van der Waals surface area (Å²) in [6.07, 6.45) is -3.63. The second kappa shape index (κ2) is 20.8. The van der Waals surface area contributed by atoms with Gasteiger partial charge in [0, 0.05) is 0 Å². The van der Waals surface area contributed by atoms with Crippen LogP contribution in [-0.2, 0) is 59.4 Å². The molecular weight excluding hydrogens is 732 g/mol. The maximum Gasteiger partial charge on any atom is 0.408 e. The van der Waals surface area contributed by atoms with Crippen molar-refractivity contribution in [2.75, 3.05) is 0 Å². The van der Waals surface area contributed by atoms with Gasteiger partial charge in [0.05, 0.1) is 24.9 Å². The molecule has 1 heterocycles. The minimum absolute atomic E-state index is 0.0645. The summed E-state index contributed by atoms with van der Waals surface area (Å²) in [5.74, 6) is -3.06. The Morgan fingerprint density at radius 1 is 0.491 bits per heavy atom. The summed E-state index contributed by atoms with van der Waals surface area (Å²) in [6, 6.07) is 32.2. The molecule has 8 N–H and O–H groups in total. The number of nitrogens with one attached hydrogen (secondary N) is 4. The lowest BCUT2D eigenvalue weighted by atomic mass is 9.95. The van der Waals surface area contributed by atoms with Crippen LogP contribution in [0.15, 0.2) is 121 Å². The van der Waals surface area contributed by atoms with Gasteiger partial charge >= 0.3 is 12.2 Å². The highest BCUT2D eigenvalue weighted by Gasteiger charge is 2.51. The van der Waals surface area contributed by atoms with E-state index in [-0.39, 0.29) is 26.1 Å². The topological polar surface area (TPSA) is 234 Å². The Bertz CT molecular complexity index is 1810. The first kappa shape index (κ1) is 41.4. The van der Waals surface area contributed by atoms with Gasteiger partial charge in [-0.05, 0) is 35.1 Å². The fourth-order valence-electron chi connectivity index (χ4n) is 6.22. The minimum Gasteiger partial charge on any atom is -0.445 e. The van der Waals surface area contributed by atoms with Crippen molar-refractivity contribution in [2.24, 2.45) is 11.5 Å². The zero-order valence-electron chi connectivity index (χ0n) is 31.1. The van der Waals surface area contributed by atoms with Crippen molar-refractivity contribution >= 4 is 35.8 Å². The molecule has 0 bridgehead atoms. The maximum absolute atomic E-state index is 13.8. The SMILES string of the molecule is NC(=O)C[C@H](NC(=O)OCc1ccccc1)C(=O)N[C@@H](Cc1ccccc1)[C@@H]1O[C@@H]1[C@H](Cc1ccccc1)NC(=O)[C@H](CC(N)=O)NC(=O)OCc1ccccc1. The smallest absolute Gasteiger partial charge is 0.408 e. The number of hydrogen-bond acceptors (Lipinski definition) is 9. The monoisotopic (exact) mass is 778 g/mol. The first-order valence-corrected chi connectivity index (χ1v) is 18.4. The molecule has 15 heteroatoms. The Labute approximate surface area is 329 Å². The molecule has 4 aromatic rings. The number of rotatable bonds is 20. The molecule has 4 aromatic carbocycles. The number of alkyl carbamates (subject to hydrolysis) is 2. The first-order chi connectivity index (χ1) is 27.5. The number of carbonyl (C=O) groups is 6. The van der Waals surface area contributed by atoms with E-state index in [1.807, 2.05) is 72.8 Å². The summed E-state index contributed by atoms with van der Waals surface area (Å²) in [7, 11) is 0. The van der Waals surface area contributed by atoms with Gasteiger partial charge in [-0.15, -0.1) is 0 Å². The second-order valence-corrected chi connectivity index (χ2v) is 13.5. The van der Waals surface area contributed by atoms with E-state index in [9.17, 15) is 28.8 Å². The van der Waals surface area contributed by atoms with E-state index in [1.54, 1.807) is 48.5 Å². The van der Waals surface area contributed by atoms with E-state index in [0.717, 1.165) is 22.3 Å². The van der Waals surface area contributed by atoms with E-state index >= 15 is 0 Å². The van der Waals surface area contributed by atoms with Crippen molar-refractivity contribution in [3.63, 3.8) is 0 Å². The van der Waals surface area contributed by atoms with Gasteiger partial charge in [0.15, 0.2) is 0 Å². The van der Waals surface area contributed by atoms with Crippen molar-refractivity contribution in [3.05, 3.63) is 144 Å². The molecule has 57 heavy (non-hydrogen) atoms. The summed E-state index contributed by atoms with van der Waals surface area (Å²) >= 11 is 0. The molecular formula is C42H46N6O9. The highest BCUT2D eigenvalue weighted by atomic mass is 16.6. The molecule has 6 atom stereocenters. The quantitative estimate of drug-likeness (QED) is 0.0723. The molecule has 0 aromatic heterocycles. The fourth-order valence-corrected chi connectivity index (χ4v) is 6.22. The van der Waals surface area contributed by atoms with Gasteiger partial charge < -0.3 is 46.9 Å². The summed E-state index contributed by atoms with van der Waals surface area (Å²) in [4.78, 5) is 77.1. The lowest BCUT2D eigenvalue weighted by Gasteiger charge is -2.24. The Hall–Kier alpha value is -6.74. The van der Waals surface area contributed by atoms with Gasteiger partial charge in [0.1, 0.15) is 37.5 Å². The molecule has 1 aliphatic heterocycles. The van der Waals surface area contributed by atoms with Crippen LogP contribution >= 0.6 is 0 Å². The zero-order chi connectivity index (χ0) is 40.6. The van der Waals surface area contributed by atoms with Gasteiger partial charge in [0.2, 0.25) is 23.6 Å². The third-order valence-electron chi connectivity index (χ3n) is 9.06. The Morgan fingerprint density at radius 3 is 1.12 bits per heavy atom. The minimum atomic E-state index is -1.37. The maximum atomic E-state index is 13.8. The Balaban J connectivity index is 1.31. The predicted molar refractivity (Wildman–Crippen MR) is 208 cm³/mol. The molecule has 0 saturated carbocycles. The van der Waals surface area contributed by atoms with Crippen LogP contribution in [0.4, 0.5) is 9.59 Å². The molecule has 0 unspecified atom stereocenters. The third-order valence-corrected chi connectivity index (χ3v) is 9.06. The molecule has 1 saturated heterocycles. The first-order valence-electron chi connectivity index (χ1n) is 18.4. The highest BCUT2D eigenvalue weighted by molar-refractivity contribution is 5.91. The molecule has 0 aliphatic carbocycles. The number of amides is 6. The number of benzene rings is 4. The zero-order valence-corrected chi connectivity index (χ0v) is 31.1. The normalized spacial score (nSPS) is 16.4. The average Bonchev–Trinajstić information content (AvgIpc) is 4.01. The Morgan fingerprint density at radius 2 is 0.807 bits per heavy atom. The van der Waals surface area contributed by atoms with E-state index < -0.39 is 85.0 Å². The van der Waals surface area contributed by atoms with Crippen molar-refractivity contribution in [2.45, 2.75) is 75.3 Å². The lowest BCUT2D eigenvalue weighted by Crippen LogP contribution is -2.55. The number of nitrogens with two attached hydrogens (primary N) is 2. The van der Waals surface area contributed by atoms with Crippen molar-refractivity contribution < 1.29 is 43.0 Å². The number of ether oxygens (including phenoxy) is 3. The van der Waals surface area contributed by atoms with Crippen molar-refractivity contribution in [1.29, 1.82) is 0 Å². The molecule has 298 valence electrons. The number of carbonyl (C=O) groups excluding carboxylic acids is 6. The fraction of sp³-hybridized carbons (Fsp3) is 0.286.